The monoisotopic (exact) mass is 206 g/mol. The van der Waals surface area contributed by atoms with E-state index >= 15 is 0 Å². The molecule has 0 aromatic rings. The van der Waals surface area contributed by atoms with Crippen LogP contribution in [0.5, 0.6) is 0 Å². The van der Waals surface area contributed by atoms with E-state index in [1.165, 1.54) is 7.11 Å². The van der Waals surface area contributed by atoms with Gasteiger partial charge >= 0.3 is 11.3 Å². The van der Waals surface area contributed by atoms with Crippen LogP contribution >= 0.6 is 11.8 Å². The SMILES string of the molecule is CCOC(=O)C(C)(C)SC(=O)OC. The minimum absolute atomic E-state index is 0.310. The molecule has 0 radical (unpaired) electrons. The summed E-state index contributed by atoms with van der Waals surface area (Å²) in [6.45, 7) is 5.26. The first kappa shape index (κ1) is 12.3. The first-order valence-corrected chi connectivity index (χ1v) is 4.70. The molecule has 4 nitrogen and oxygen atoms in total. The average Bonchev–Trinajstić information content (AvgIpc) is 2.04. The average molecular weight is 206 g/mol. The minimum Gasteiger partial charge on any atom is -0.465 e. The van der Waals surface area contributed by atoms with Crippen molar-refractivity contribution in [3.63, 3.8) is 0 Å². The quantitative estimate of drug-likeness (QED) is 0.659. The topological polar surface area (TPSA) is 52.6 Å². The zero-order valence-corrected chi connectivity index (χ0v) is 9.06. The Balaban J connectivity index is 4.21. The fourth-order valence-corrected chi connectivity index (χ4v) is 1.24. The van der Waals surface area contributed by atoms with Gasteiger partial charge in [0.15, 0.2) is 0 Å². The summed E-state index contributed by atoms with van der Waals surface area (Å²) in [5, 5.41) is -0.488. The Morgan fingerprint density at radius 3 is 2.31 bits per heavy atom. The highest BCUT2D eigenvalue weighted by Gasteiger charge is 2.33. The molecule has 0 saturated carbocycles. The Kier molecular flexibility index (Phi) is 4.83. The molecular weight excluding hydrogens is 192 g/mol. The maximum atomic E-state index is 11.3. The second-order valence-corrected chi connectivity index (χ2v) is 4.35. The van der Waals surface area contributed by atoms with Crippen molar-refractivity contribution in [1.29, 1.82) is 0 Å². The van der Waals surface area contributed by atoms with Crippen molar-refractivity contribution >= 4 is 23.0 Å². The Bertz CT molecular complexity index is 200. The predicted molar refractivity (Wildman–Crippen MR) is 50.7 cm³/mol. The van der Waals surface area contributed by atoms with E-state index in [2.05, 4.69) is 4.74 Å². The number of carbonyl (C=O) groups excluding carboxylic acids is 2. The lowest BCUT2D eigenvalue weighted by Crippen LogP contribution is -2.31. The predicted octanol–water partition coefficient (Wildman–Crippen LogP) is 1.83. The van der Waals surface area contributed by atoms with Gasteiger partial charge in [-0.05, 0) is 32.5 Å². The number of ether oxygens (including phenoxy) is 2. The van der Waals surface area contributed by atoms with E-state index in [9.17, 15) is 9.59 Å². The Hall–Kier alpha value is -0.710. The van der Waals surface area contributed by atoms with E-state index in [1.807, 2.05) is 0 Å². The molecule has 0 N–H and O–H groups in total. The molecule has 0 aromatic heterocycles. The van der Waals surface area contributed by atoms with Gasteiger partial charge in [0, 0.05) is 0 Å². The third kappa shape index (κ3) is 4.17. The van der Waals surface area contributed by atoms with E-state index in [0.29, 0.717) is 6.61 Å². The molecule has 0 heterocycles. The number of carbonyl (C=O) groups is 2. The van der Waals surface area contributed by atoms with Crippen molar-refractivity contribution < 1.29 is 19.1 Å². The Labute approximate surface area is 82.0 Å². The van der Waals surface area contributed by atoms with E-state index in [0.717, 1.165) is 11.8 Å². The van der Waals surface area contributed by atoms with Crippen LogP contribution in [0.15, 0.2) is 0 Å². The van der Waals surface area contributed by atoms with E-state index in [-0.39, 0.29) is 0 Å². The largest absolute Gasteiger partial charge is 0.465 e. The number of rotatable bonds is 3. The summed E-state index contributed by atoms with van der Waals surface area (Å²) >= 11 is 0.814. The summed E-state index contributed by atoms with van der Waals surface area (Å²) < 4.78 is 8.33. The third-order valence-corrected chi connectivity index (χ3v) is 2.28. The van der Waals surface area contributed by atoms with E-state index in [1.54, 1.807) is 20.8 Å². The molecule has 0 aliphatic heterocycles. The number of thioether (sulfide) groups is 1. The summed E-state index contributed by atoms with van der Waals surface area (Å²) in [7, 11) is 1.27. The number of hydrogen-bond acceptors (Lipinski definition) is 5. The number of hydrogen-bond donors (Lipinski definition) is 0. The van der Waals surface area contributed by atoms with Gasteiger partial charge < -0.3 is 9.47 Å². The van der Waals surface area contributed by atoms with Crippen LogP contribution < -0.4 is 0 Å². The van der Waals surface area contributed by atoms with Crippen LogP contribution in [0.1, 0.15) is 20.8 Å². The number of methoxy groups -OCH3 is 1. The van der Waals surface area contributed by atoms with Crippen molar-refractivity contribution in [3.05, 3.63) is 0 Å². The summed E-state index contributed by atoms with van der Waals surface area (Å²) in [6.07, 6.45) is 0. The Morgan fingerprint density at radius 1 is 1.38 bits per heavy atom. The lowest BCUT2D eigenvalue weighted by atomic mass is 10.2. The van der Waals surface area contributed by atoms with Crippen LogP contribution in [0, 0.1) is 0 Å². The summed E-state index contributed by atoms with van der Waals surface area (Å²) in [5.41, 5.74) is 0. The molecule has 0 fully saturated rings. The zero-order chi connectivity index (χ0) is 10.5. The first-order chi connectivity index (χ1) is 5.94. The van der Waals surface area contributed by atoms with Crippen LogP contribution in [0.3, 0.4) is 0 Å². The molecule has 5 heteroatoms. The summed E-state index contributed by atoms with van der Waals surface area (Å²) in [5.74, 6) is -0.412. The molecule has 0 bridgehead atoms. The molecule has 0 aliphatic carbocycles. The molecule has 76 valence electrons. The maximum absolute atomic E-state index is 11.3. The van der Waals surface area contributed by atoms with E-state index in [4.69, 9.17) is 4.74 Å². The molecule has 0 atom stereocenters. The molecule has 0 rings (SSSR count). The van der Waals surface area contributed by atoms with E-state index < -0.39 is 16.0 Å². The third-order valence-electron chi connectivity index (χ3n) is 1.27. The van der Waals surface area contributed by atoms with Crippen LogP contribution in [0.25, 0.3) is 0 Å². The Morgan fingerprint density at radius 2 is 1.92 bits per heavy atom. The van der Waals surface area contributed by atoms with Gasteiger partial charge in [0.25, 0.3) is 0 Å². The highest BCUT2D eigenvalue weighted by atomic mass is 32.2. The van der Waals surface area contributed by atoms with Crippen molar-refractivity contribution in [2.24, 2.45) is 0 Å². The lowest BCUT2D eigenvalue weighted by Gasteiger charge is -2.19. The van der Waals surface area contributed by atoms with Gasteiger partial charge in [0.1, 0.15) is 4.75 Å². The van der Waals surface area contributed by atoms with Gasteiger partial charge in [-0.3, -0.25) is 4.79 Å². The van der Waals surface area contributed by atoms with Crippen molar-refractivity contribution in [2.45, 2.75) is 25.5 Å². The molecule has 13 heavy (non-hydrogen) atoms. The standard InChI is InChI=1S/C8H14O4S/c1-5-12-6(9)8(2,3)13-7(10)11-4/h5H2,1-4H3. The van der Waals surface area contributed by atoms with Crippen molar-refractivity contribution in [1.82, 2.24) is 0 Å². The zero-order valence-electron chi connectivity index (χ0n) is 8.25. The lowest BCUT2D eigenvalue weighted by molar-refractivity contribution is -0.145. The normalized spacial score (nSPS) is 10.8. The van der Waals surface area contributed by atoms with Gasteiger partial charge in [0.05, 0.1) is 13.7 Å². The first-order valence-electron chi connectivity index (χ1n) is 3.88. The van der Waals surface area contributed by atoms with Crippen LogP contribution in [-0.4, -0.2) is 29.7 Å². The van der Waals surface area contributed by atoms with Gasteiger partial charge in [-0.1, -0.05) is 0 Å². The molecule has 0 aliphatic rings. The van der Waals surface area contributed by atoms with Gasteiger partial charge in [-0.25, -0.2) is 4.79 Å². The number of esters is 1. The summed E-state index contributed by atoms with van der Waals surface area (Å²) in [6, 6.07) is 0. The second-order valence-electron chi connectivity index (χ2n) is 2.79. The van der Waals surface area contributed by atoms with Crippen molar-refractivity contribution in [2.75, 3.05) is 13.7 Å². The maximum Gasteiger partial charge on any atom is 0.368 e. The minimum atomic E-state index is -0.886. The smallest absolute Gasteiger partial charge is 0.368 e. The second kappa shape index (κ2) is 5.11. The molecule has 0 unspecified atom stereocenters. The summed E-state index contributed by atoms with van der Waals surface area (Å²) in [4.78, 5) is 22.1. The van der Waals surface area contributed by atoms with Crippen molar-refractivity contribution in [3.8, 4) is 0 Å². The van der Waals surface area contributed by atoms with Crippen LogP contribution in [0.2, 0.25) is 0 Å². The molecule has 0 aromatic carbocycles. The molecule has 0 amide bonds. The van der Waals surface area contributed by atoms with Crippen LogP contribution in [-0.2, 0) is 14.3 Å². The highest BCUT2D eigenvalue weighted by molar-refractivity contribution is 8.15. The van der Waals surface area contributed by atoms with Crippen LogP contribution in [0.4, 0.5) is 4.79 Å². The fraction of sp³-hybridized carbons (Fsp3) is 0.750. The molecule has 0 saturated heterocycles. The highest BCUT2D eigenvalue weighted by Crippen LogP contribution is 2.27. The fourth-order valence-electron chi connectivity index (χ4n) is 0.597. The van der Waals surface area contributed by atoms with Gasteiger partial charge in [0.2, 0.25) is 0 Å². The van der Waals surface area contributed by atoms with Gasteiger partial charge in [-0.15, -0.1) is 0 Å². The molecular formula is C8H14O4S. The molecule has 0 spiro atoms. The van der Waals surface area contributed by atoms with Gasteiger partial charge in [-0.2, -0.15) is 0 Å².